The number of carbonyl (C=O) groups is 1. The van der Waals surface area contributed by atoms with Crippen molar-refractivity contribution in [1.29, 1.82) is 0 Å². The van der Waals surface area contributed by atoms with E-state index in [1.807, 2.05) is 13.8 Å². The molecule has 0 unspecified atom stereocenters. The minimum absolute atomic E-state index is 0.0175. The number of carbonyl (C=O) groups excluding carboxylic acids is 1. The van der Waals surface area contributed by atoms with Crippen LogP contribution in [0, 0.1) is 13.8 Å². The average Bonchev–Trinajstić information content (AvgIpc) is 2.59. The number of aryl methyl sites for hydroxylation is 2. The summed E-state index contributed by atoms with van der Waals surface area (Å²) in [5.74, 6) is -0.0175. The highest BCUT2D eigenvalue weighted by Crippen LogP contribution is 2.17. The Morgan fingerprint density at radius 3 is 2.81 bits per heavy atom. The van der Waals surface area contributed by atoms with Crippen LogP contribution in [0.2, 0.25) is 0 Å². The highest BCUT2D eigenvalue weighted by atomic mass is 32.1. The van der Waals surface area contributed by atoms with Crippen molar-refractivity contribution in [1.82, 2.24) is 15.0 Å². The van der Waals surface area contributed by atoms with Crippen LogP contribution in [0.1, 0.15) is 26.1 Å². The molecule has 0 N–H and O–H groups in total. The van der Waals surface area contributed by atoms with Gasteiger partial charge in [0.2, 0.25) is 0 Å². The van der Waals surface area contributed by atoms with Gasteiger partial charge in [-0.05, 0) is 19.9 Å². The van der Waals surface area contributed by atoms with Gasteiger partial charge in [0.15, 0.2) is 5.78 Å². The molecule has 0 aliphatic rings. The number of rotatable bonds is 3. The van der Waals surface area contributed by atoms with Crippen molar-refractivity contribution in [3.05, 3.63) is 39.9 Å². The molecule has 2 aromatic heterocycles. The first-order valence-electron chi connectivity index (χ1n) is 4.89. The van der Waals surface area contributed by atoms with Crippen LogP contribution in [0.5, 0.6) is 0 Å². The SMILES string of the molecule is Cc1nc(CC(=O)c2ccncn2)sc1C. The maximum atomic E-state index is 11.8. The van der Waals surface area contributed by atoms with Gasteiger partial charge in [0.05, 0.1) is 12.1 Å². The maximum Gasteiger partial charge on any atom is 0.188 e. The molecule has 0 saturated carbocycles. The Labute approximate surface area is 97.4 Å². The predicted octanol–water partition coefficient (Wildman–Crippen LogP) is 1.98. The van der Waals surface area contributed by atoms with E-state index in [2.05, 4.69) is 15.0 Å². The van der Waals surface area contributed by atoms with Crippen LogP contribution < -0.4 is 0 Å². The van der Waals surface area contributed by atoms with Crippen LogP contribution in [0.3, 0.4) is 0 Å². The quantitative estimate of drug-likeness (QED) is 0.761. The topological polar surface area (TPSA) is 55.7 Å². The van der Waals surface area contributed by atoms with E-state index in [0.717, 1.165) is 15.6 Å². The summed E-state index contributed by atoms with van der Waals surface area (Å²) in [6.07, 6.45) is 3.26. The molecule has 16 heavy (non-hydrogen) atoms. The predicted molar refractivity (Wildman–Crippen MR) is 61.7 cm³/mol. The van der Waals surface area contributed by atoms with Gasteiger partial charge in [-0.2, -0.15) is 0 Å². The van der Waals surface area contributed by atoms with Crippen molar-refractivity contribution < 1.29 is 4.79 Å². The van der Waals surface area contributed by atoms with E-state index < -0.39 is 0 Å². The third-order valence-corrected chi connectivity index (χ3v) is 3.33. The largest absolute Gasteiger partial charge is 0.292 e. The van der Waals surface area contributed by atoms with Crippen LogP contribution in [0.4, 0.5) is 0 Å². The number of hydrogen-bond donors (Lipinski definition) is 0. The van der Waals surface area contributed by atoms with E-state index in [4.69, 9.17) is 0 Å². The zero-order valence-electron chi connectivity index (χ0n) is 9.10. The van der Waals surface area contributed by atoms with Gasteiger partial charge in [-0.25, -0.2) is 15.0 Å². The lowest BCUT2D eigenvalue weighted by Crippen LogP contribution is -2.05. The van der Waals surface area contributed by atoms with Crippen molar-refractivity contribution in [2.45, 2.75) is 20.3 Å². The van der Waals surface area contributed by atoms with Crippen molar-refractivity contribution in [2.24, 2.45) is 0 Å². The van der Waals surface area contributed by atoms with E-state index >= 15 is 0 Å². The molecule has 0 aromatic carbocycles. The Bertz CT molecular complexity index is 488. The molecule has 0 saturated heterocycles. The molecule has 0 aliphatic carbocycles. The molecule has 2 aromatic rings. The summed E-state index contributed by atoms with van der Waals surface area (Å²) in [4.78, 5) is 25.0. The fraction of sp³-hybridized carbons (Fsp3) is 0.273. The number of nitrogens with zero attached hydrogens (tertiary/aromatic N) is 3. The molecule has 0 aliphatic heterocycles. The van der Waals surface area contributed by atoms with Gasteiger partial charge in [-0.15, -0.1) is 11.3 Å². The van der Waals surface area contributed by atoms with Crippen molar-refractivity contribution in [2.75, 3.05) is 0 Å². The van der Waals surface area contributed by atoms with Gasteiger partial charge in [0.1, 0.15) is 17.0 Å². The minimum Gasteiger partial charge on any atom is -0.292 e. The minimum atomic E-state index is -0.0175. The molecular formula is C11H11N3OS. The molecule has 0 amide bonds. The fourth-order valence-electron chi connectivity index (χ4n) is 1.30. The number of aromatic nitrogens is 3. The number of thiazole rings is 1. The standard InChI is InChI=1S/C11H11N3OS/c1-7-8(2)16-11(14-7)5-10(15)9-3-4-12-6-13-9/h3-4,6H,5H2,1-2H3. The number of Topliss-reactive ketones (excluding diaryl/α,β-unsaturated/α-hetero) is 1. The summed E-state index contributed by atoms with van der Waals surface area (Å²) in [5.41, 5.74) is 1.44. The molecule has 0 bridgehead atoms. The van der Waals surface area contributed by atoms with Crippen LogP contribution in [0.15, 0.2) is 18.6 Å². The zero-order valence-corrected chi connectivity index (χ0v) is 9.91. The van der Waals surface area contributed by atoms with Gasteiger partial charge in [-0.1, -0.05) is 0 Å². The van der Waals surface area contributed by atoms with Gasteiger partial charge in [0, 0.05) is 11.1 Å². The third-order valence-electron chi connectivity index (χ3n) is 2.25. The maximum absolute atomic E-state index is 11.8. The van der Waals surface area contributed by atoms with Crippen molar-refractivity contribution >= 4 is 17.1 Å². The summed E-state index contributed by atoms with van der Waals surface area (Å²) < 4.78 is 0. The van der Waals surface area contributed by atoms with Crippen molar-refractivity contribution in [3.8, 4) is 0 Å². The summed E-state index contributed by atoms with van der Waals surface area (Å²) in [7, 11) is 0. The molecule has 4 nitrogen and oxygen atoms in total. The second-order valence-electron chi connectivity index (χ2n) is 3.44. The summed E-state index contributed by atoms with van der Waals surface area (Å²) >= 11 is 1.56. The van der Waals surface area contributed by atoms with Gasteiger partial charge in [-0.3, -0.25) is 4.79 Å². The normalized spacial score (nSPS) is 10.4. The van der Waals surface area contributed by atoms with E-state index in [9.17, 15) is 4.79 Å². The molecule has 2 rings (SSSR count). The second kappa shape index (κ2) is 4.49. The summed E-state index contributed by atoms with van der Waals surface area (Å²) in [6.45, 7) is 3.95. The van der Waals surface area contributed by atoms with E-state index in [1.54, 1.807) is 23.6 Å². The molecule has 5 heteroatoms. The molecule has 0 spiro atoms. The van der Waals surface area contributed by atoms with Crippen LogP contribution in [0.25, 0.3) is 0 Å². The highest BCUT2D eigenvalue weighted by Gasteiger charge is 2.11. The first-order valence-corrected chi connectivity index (χ1v) is 5.70. The Hall–Kier alpha value is -1.62. The average molecular weight is 233 g/mol. The van der Waals surface area contributed by atoms with Crippen LogP contribution in [-0.4, -0.2) is 20.7 Å². The molecule has 2 heterocycles. The highest BCUT2D eigenvalue weighted by molar-refractivity contribution is 7.11. The van der Waals surface area contributed by atoms with Gasteiger partial charge in [0.25, 0.3) is 0 Å². The Kier molecular flexibility index (Phi) is 3.05. The lowest BCUT2D eigenvalue weighted by atomic mass is 10.2. The monoisotopic (exact) mass is 233 g/mol. The molecular weight excluding hydrogens is 222 g/mol. The van der Waals surface area contributed by atoms with Gasteiger partial charge >= 0.3 is 0 Å². The second-order valence-corrected chi connectivity index (χ2v) is 4.73. The van der Waals surface area contributed by atoms with Crippen LogP contribution >= 0.6 is 11.3 Å². The Morgan fingerprint density at radius 1 is 1.44 bits per heavy atom. The lowest BCUT2D eigenvalue weighted by molar-refractivity contribution is 0.0988. The van der Waals surface area contributed by atoms with Gasteiger partial charge < -0.3 is 0 Å². The number of ketones is 1. The first-order chi connectivity index (χ1) is 7.66. The fourth-order valence-corrected chi connectivity index (χ4v) is 2.23. The smallest absolute Gasteiger partial charge is 0.188 e. The van der Waals surface area contributed by atoms with E-state index in [-0.39, 0.29) is 5.78 Å². The molecule has 0 fully saturated rings. The molecule has 0 atom stereocenters. The molecule has 0 radical (unpaired) electrons. The number of hydrogen-bond acceptors (Lipinski definition) is 5. The van der Waals surface area contributed by atoms with E-state index in [0.29, 0.717) is 12.1 Å². The van der Waals surface area contributed by atoms with E-state index in [1.165, 1.54) is 6.33 Å². The third kappa shape index (κ3) is 2.30. The summed E-state index contributed by atoms with van der Waals surface area (Å²) in [5, 5.41) is 0.846. The Morgan fingerprint density at radius 2 is 2.25 bits per heavy atom. The van der Waals surface area contributed by atoms with Crippen LogP contribution in [-0.2, 0) is 6.42 Å². The summed E-state index contributed by atoms with van der Waals surface area (Å²) in [6, 6.07) is 1.62. The first kappa shape index (κ1) is 10.9. The zero-order chi connectivity index (χ0) is 11.5. The van der Waals surface area contributed by atoms with Crippen molar-refractivity contribution in [3.63, 3.8) is 0 Å². The molecule has 82 valence electrons. The lowest BCUT2D eigenvalue weighted by Gasteiger charge is -1.95. The Balaban J connectivity index is 2.14.